The second-order valence-electron chi connectivity index (χ2n) is 3.94. The molecular weight excluding hydrogens is 138 g/mol. The average molecular weight is 159 g/mol. The van der Waals surface area contributed by atoms with Gasteiger partial charge >= 0.3 is 0 Å². The number of rotatable bonds is 5. The lowest BCUT2D eigenvalue weighted by molar-refractivity contribution is 0.183. The molecule has 0 aliphatic carbocycles. The lowest BCUT2D eigenvalue weighted by Gasteiger charge is -2.25. The Balaban J connectivity index is 3.52. The summed E-state index contributed by atoms with van der Waals surface area (Å²) in [6, 6.07) is 0. The maximum Gasteiger partial charge on any atom is 0.0607 e. The van der Waals surface area contributed by atoms with E-state index in [1.54, 1.807) is 0 Å². The van der Waals surface area contributed by atoms with Gasteiger partial charge in [-0.25, -0.2) is 0 Å². The van der Waals surface area contributed by atoms with Crippen LogP contribution in [0.4, 0.5) is 0 Å². The maximum atomic E-state index is 8.92. The Morgan fingerprint density at radius 1 is 1.45 bits per heavy atom. The highest BCUT2D eigenvalue weighted by atomic mass is 16.3. The fourth-order valence-corrected chi connectivity index (χ4v) is 0.651. The largest absolute Gasteiger partial charge is 0.394 e. The molecule has 11 heavy (non-hydrogen) atoms. The summed E-state index contributed by atoms with van der Waals surface area (Å²) in [4.78, 5) is 0. The van der Waals surface area contributed by atoms with Crippen molar-refractivity contribution >= 4 is 0 Å². The van der Waals surface area contributed by atoms with Gasteiger partial charge < -0.3 is 10.4 Å². The molecule has 68 valence electrons. The van der Waals surface area contributed by atoms with Crippen LogP contribution in [-0.2, 0) is 0 Å². The lowest BCUT2D eigenvalue weighted by Crippen LogP contribution is -2.44. The van der Waals surface area contributed by atoms with Gasteiger partial charge in [-0.2, -0.15) is 0 Å². The van der Waals surface area contributed by atoms with Crippen molar-refractivity contribution in [1.82, 2.24) is 5.32 Å². The Hall–Kier alpha value is -0.0800. The van der Waals surface area contributed by atoms with E-state index < -0.39 is 0 Å². The van der Waals surface area contributed by atoms with Gasteiger partial charge in [-0.15, -0.1) is 0 Å². The molecular formula is C9H21NO. The summed E-state index contributed by atoms with van der Waals surface area (Å²) in [6.07, 6.45) is 1.19. The van der Waals surface area contributed by atoms with Crippen LogP contribution in [0.25, 0.3) is 0 Å². The van der Waals surface area contributed by atoms with Crippen molar-refractivity contribution in [3.63, 3.8) is 0 Å². The van der Waals surface area contributed by atoms with Gasteiger partial charge in [0.1, 0.15) is 0 Å². The van der Waals surface area contributed by atoms with Gasteiger partial charge in [0.2, 0.25) is 0 Å². The van der Waals surface area contributed by atoms with Crippen molar-refractivity contribution in [3.8, 4) is 0 Å². The van der Waals surface area contributed by atoms with Gasteiger partial charge in [-0.3, -0.25) is 0 Å². The quantitative estimate of drug-likeness (QED) is 0.635. The molecule has 2 N–H and O–H groups in total. The molecule has 0 aliphatic heterocycles. The molecule has 0 aromatic rings. The molecule has 0 saturated heterocycles. The Bertz CT molecular complexity index is 102. The van der Waals surface area contributed by atoms with Gasteiger partial charge in [-0.05, 0) is 26.3 Å². The van der Waals surface area contributed by atoms with Gasteiger partial charge in [0.15, 0.2) is 0 Å². The van der Waals surface area contributed by atoms with E-state index in [4.69, 9.17) is 5.11 Å². The average Bonchev–Trinajstić information content (AvgIpc) is 2.00. The fraction of sp³-hybridized carbons (Fsp3) is 1.00. The molecule has 0 saturated carbocycles. The van der Waals surface area contributed by atoms with Crippen molar-refractivity contribution in [2.24, 2.45) is 5.92 Å². The van der Waals surface area contributed by atoms with Crippen LogP contribution in [0.1, 0.15) is 34.1 Å². The molecule has 0 spiro atoms. The molecule has 0 bridgehead atoms. The first kappa shape index (κ1) is 10.9. The molecule has 1 atom stereocenters. The maximum absolute atomic E-state index is 8.92. The summed E-state index contributed by atoms with van der Waals surface area (Å²) in [5.41, 5.74) is -0.122. The second-order valence-corrected chi connectivity index (χ2v) is 3.94. The van der Waals surface area contributed by atoms with E-state index in [0.717, 1.165) is 6.54 Å². The first-order chi connectivity index (χ1) is 5.02. The van der Waals surface area contributed by atoms with Crippen LogP contribution in [0.3, 0.4) is 0 Å². The van der Waals surface area contributed by atoms with Gasteiger partial charge in [-0.1, -0.05) is 20.3 Å². The zero-order valence-electron chi connectivity index (χ0n) is 8.15. The molecule has 0 unspecified atom stereocenters. The smallest absolute Gasteiger partial charge is 0.0607 e. The molecule has 0 heterocycles. The van der Waals surface area contributed by atoms with Gasteiger partial charge in [0, 0.05) is 5.54 Å². The predicted octanol–water partition coefficient (Wildman–Crippen LogP) is 1.39. The normalized spacial score (nSPS) is 15.0. The highest BCUT2D eigenvalue weighted by molar-refractivity contribution is 4.76. The Kier molecular flexibility index (Phi) is 4.69. The van der Waals surface area contributed by atoms with Crippen LogP contribution < -0.4 is 5.32 Å². The van der Waals surface area contributed by atoms with Crippen LogP contribution in [0.15, 0.2) is 0 Å². The van der Waals surface area contributed by atoms with Crippen LogP contribution in [0.5, 0.6) is 0 Å². The third-order valence-electron chi connectivity index (χ3n) is 2.02. The molecule has 0 amide bonds. The molecule has 0 aromatic carbocycles. The van der Waals surface area contributed by atoms with E-state index in [9.17, 15) is 0 Å². The number of aliphatic hydroxyl groups is 1. The molecule has 0 fully saturated rings. The van der Waals surface area contributed by atoms with Crippen molar-refractivity contribution in [2.45, 2.75) is 39.7 Å². The molecule has 2 nitrogen and oxygen atoms in total. The van der Waals surface area contributed by atoms with Crippen molar-refractivity contribution in [2.75, 3.05) is 13.2 Å². The van der Waals surface area contributed by atoms with Crippen LogP contribution in [0.2, 0.25) is 0 Å². The minimum atomic E-state index is -0.122. The topological polar surface area (TPSA) is 32.3 Å². The SMILES string of the molecule is CC[C@@H](C)CNC(C)(C)CO. The molecule has 0 rings (SSSR count). The zero-order chi connectivity index (χ0) is 8.91. The third kappa shape index (κ3) is 5.22. The minimum Gasteiger partial charge on any atom is -0.394 e. The molecule has 0 aliphatic rings. The second kappa shape index (κ2) is 4.73. The Morgan fingerprint density at radius 3 is 2.36 bits per heavy atom. The van der Waals surface area contributed by atoms with Gasteiger partial charge in [0.25, 0.3) is 0 Å². The predicted molar refractivity (Wildman–Crippen MR) is 48.6 cm³/mol. The Morgan fingerprint density at radius 2 is 2.00 bits per heavy atom. The summed E-state index contributed by atoms with van der Waals surface area (Å²) in [5, 5.41) is 12.2. The highest BCUT2D eigenvalue weighted by Crippen LogP contribution is 2.03. The number of hydrogen-bond donors (Lipinski definition) is 2. The highest BCUT2D eigenvalue weighted by Gasteiger charge is 2.15. The molecule has 2 heteroatoms. The molecule has 0 aromatic heterocycles. The first-order valence-electron chi connectivity index (χ1n) is 4.37. The van der Waals surface area contributed by atoms with Crippen LogP contribution in [-0.4, -0.2) is 23.8 Å². The standard InChI is InChI=1S/C9H21NO/c1-5-8(2)6-10-9(3,4)7-11/h8,10-11H,5-7H2,1-4H3/t8-/m1/s1. The van der Waals surface area contributed by atoms with Crippen molar-refractivity contribution in [1.29, 1.82) is 0 Å². The fourth-order valence-electron chi connectivity index (χ4n) is 0.651. The van der Waals surface area contributed by atoms with Crippen molar-refractivity contribution in [3.05, 3.63) is 0 Å². The Labute approximate surface area is 70.0 Å². The van der Waals surface area contributed by atoms with E-state index >= 15 is 0 Å². The lowest BCUT2D eigenvalue weighted by atomic mass is 10.0. The van der Waals surface area contributed by atoms with Crippen LogP contribution >= 0.6 is 0 Å². The van der Waals surface area contributed by atoms with Gasteiger partial charge in [0.05, 0.1) is 6.61 Å². The number of nitrogens with one attached hydrogen (secondary N) is 1. The van der Waals surface area contributed by atoms with Crippen LogP contribution in [0, 0.1) is 5.92 Å². The zero-order valence-corrected chi connectivity index (χ0v) is 8.15. The molecule has 0 radical (unpaired) electrons. The van der Waals surface area contributed by atoms with E-state index in [1.807, 2.05) is 13.8 Å². The van der Waals surface area contributed by atoms with Crippen molar-refractivity contribution < 1.29 is 5.11 Å². The summed E-state index contributed by atoms with van der Waals surface area (Å²) in [7, 11) is 0. The van der Waals surface area contributed by atoms with E-state index in [1.165, 1.54) is 6.42 Å². The number of hydrogen-bond acceptors (Lipinski definition) is 2. The number of aliphatic hydroxyl groups excluding tert-OH is 1. The van der Waals surface area contributed by atoms with E-state index in [0.29, 0.717) is 5.92 Å². The summed E-state index contributed by atoms with van der Waals surface area (Å²) < 4.78 is 0. The van der Waals surface area contributed by atoms with E-state index in [-0.39, 0.29) is 12.1 Å². The van der Waals surface area contributed by atoms with E-state index in [2.05, 4.69) is 19.2 Å². The summed E-state index contributed by atoms with van der Waals surface area (Å²) >= 11 is 0. The monoisotopic (exact) mass is 159 g/mol. The summed E-state index contributed by atoms with van der Waals surface area (Å²) in [5.74, 6) is 0.695. The minimum absolute atomic E-state index is 0.122. The third-order valence-corrected chi connectivity index (χ3v) is 2.02. The first-order valence-corrected chi connectivity index (χ1v) is 4.37. The summed E-state index contributed by atoms with van der Waals surface area (Å²) in [6.45, 7) is 9.59.